The molecule has 124 valence electrons. The van der Waals surface area contributed by atoms with E-state index in [2.05, 4.69) is 24.1 Å². The van der Waals surface area contributed by atoms with E-state index in [1.54, 1.807) is 0 Å². The molecule has 3 nitrogen and oxygen atoms in total. The second-order valence-corrected chi connectivity index (χ2v) is 7.77. The molecule has 2 aliphatic rings. The van der Waals surface area contributed by atoms with Crippen molar-refractivity contribution in [1.82, 2.24) is 10.2 Å². The van der Waals surface area contributed by atoms with Gasteiger partial charge in [-0.1, -0.05) is 13.3 Å². The van der Waals surface area contributed by atoms with Crippen molar-refractivity contribution in [1.29, 1.82) is 0 Å². The minimum Gasteiger partial charge on any atom is -0.342 e. The van der Waals surface area contributed by atoms with E-state index in [1.807, 2.05) is 11.8 Å². The van der Waals surface area contributed by atoms with Gasteiger partial charge in [0.2, 0.25) is 5.91 Å². The Bertz CT molecular complexity index is 305. The number of unbranched alkanes of at least 4 members (excludes halogenated alkanes) is 1. The molecular formula is C16H31ClN2OS. The van der Waals surface area contributed by atoms with Crippen LogP contribution in [0.2, 0.25) is 0 Å². The molecule has 1 atom stereocenters. The predicted molar refractivity (Wildman–Crippen MR) is 94.4 cm³/mol. The van der Waals surface area contributed by atoms with Crippen molar-refractivity contribution in [3.8, 4) is 0 Å². The number of hydrogen-bond acceptors (Lipinski definition) is 3. The quantitative estimate of drug-likeness (QED) is 0.691. The minimum absolute atomic E-state index is 0. The number of amides is 1. The summed E-state index contributed by atoms with van der Waals surface area (Å²) < 4.78 is 0. The largest absolute Gasteiger partial charge is 0.342 e. The van der Waals surface area contributed by atoms with E-state index in [0.29, 0.717) is 11.9 Å². The number of nitrogens with one attached hydrogen (secondary N) is 1. The number of carbonyl (C=O) groups excluding carboxylic acids is 1. The molecular weight excluding hydrogens is 304 g/mol. The van der Waals surface area contributed by atoms with Crippen LogP contribution in [-0.2, 0) is 4.79 Å². The van der Waals surface area contributed by atoms with Gasteiger partial charge < -0.3 is 10.2 Å². The number of rotatable bonds is 8. The minimum atomic E-state index is 0. The molecule has 1 heterocycles. The van der Waals surface area contributed by atoms with Gasteiger partial charge in [0.1, 0.15) is 0 Å². The molecule has 0 aromatic heterocycles. The van der Waals surface area contributed by atoms with Crippen molar-refractivity contribution in [2.75, 3.05) is 25.4 Å². The smallest absolute Gasteiger partial charge is 0.235 e. The number of thioether (sulfide) groups is 1. The molecule has 5 heteroatoms. The van der Waals surface area contributed by atoms with Crippen LogP contribution >= 0.6 is 24.2 Å². The van der Waals surface area contributed by atoms with Crippen molar-refractivity contribution in [2.45, 2.75) is 63.7 Å². The van der Waals surface area contributed by atoms with Crippen LogP contribution in [0.3, 0.4) is 0 Å². The average Bonchev–Trinajstić information content (AvgIpc) is 3.29. The Hall–Kier alpha value is 0.0700. The number of carbonyl (C=O) groups is 1. The summed E-state index contributed by atoms with van der Waals surface area (Å²) in [5, 5.41) is 3.81. The lowest BCUT2D eigenvalue weighted by atomic mass is 10.0. The molecule has 2 fully saturated rings. The summed E-state index contributed by atoms with van der Waals surface area (Å²) in [4.78, 5) is 14.4. The van der Waals surface area contributed by atoms with Crippen LogP contribution in [0, 0.1) is 5.92 Å². The fourth-order valence-electron chi connectivity index (χ4n) is 2.69. The lowest BCUT2D eigenvalue weighted by molar-refractivity contribution is -0.131. The van der Waals surface area contributed by atoms with E-state index >= 15 is 0 Å². The van der Waals surface area contributed by atoms with E-state index in [9.17, 15) is 4.79 Å². The molecule has 0 aromatic carbocycles. The van der Waals surface area contributed by atoms with Crippen molar-refractivity contribution in [3.63, 3.8) is 0 Å². The summed E-state index contributed by atoms with van der Waals surface area (Å²) in [7, 11) is 0. The topological polar surface area (TPSA) is 32.3 Å². The lowest BCUT2D eigenvalue weighted by Gasteiger charge is -2.34. The Balaban J connectivity index is 0.00000220. The average molecular weight is 335 g/mol. The number of likely N-dealkylation sites (tertiary alicyclic amines) is 1. The van der Waals surface area contributed by atoms with Crippen molar-refractivity contribution >= 4 is 30.1 Å². The molecule has 1 N–H and O–H groups in total. The Morgan fingerprint density at radius 2 is 1.95 bits per heavy atom. The number of nitrogens with zero attached hydrogens (tertiary/aromatic N) is 1. The van der Waals surface area contributed by atoms with Crippen LogP contribution in [0.15, 0.2) is 0 Å². The second kappa shape index (κ2) is 9.96. The SMILES string of the molecule is CCCCSC(C)C(=O)N1CCC(NCC2CC2)CC1.Cl. The van der Waals surface area contributed by atoms with Crippen LogP contribution in [0.25, 0.3) is 0 Å². The maximum absolute atomic E-state index is 12.4. The summed E-state index contributed by atoms with van der Waals surface area (Å²) in [6.07, 6.45) is 7.52. The molecule has 0 bridgehead atoms. The first-order valence-corrected chi connectivity index (χ1v) is 9.39. The number of halogens is 1. The first-order chi connectivity index (χ1) is 9.70. The fourth-order valence-corrected chi connectivity index (χ4v) is 3.79. The molecule has 0 spiro atoms. The van der Waals surface area contributed by atoms with E-state index < -0.39 is 0 Å². The summed E-state index contributed by atoms with van der Waals surface area (Å²) in [6, 6.07) is 0.641. The summed E-state index contributed by atoms with van der Waals surface area (Å²) >= 11 is 1.82. The van der Waals surface area contributed by atoms with Gasteiger partial charge in [0.15, 0.2) is 0 Å². The van der Waals surface area contributed by atoms with Crippen LogP contribution in [0.1, 0.15) is 52.4 Å². The van der Waals surface area contributed by atoms with Crippen LogP contribution in [-0.4, -0.2) is 47.5 Å². The summed E-state index contributed by atoms with van der Waals surface area (Å²) in [5.74, 6) is 2.42. The predicted octanol–water partition coefficient (Wildman–Crippen LogP) is 3.32. The highest BCUT2D eigenvalue weighted by Gasteiger charge is 2.27. The van der Waals surface area contributed by atoms with E-state index in [4.69, 9.17) is 0 Å². The summed E-state index contributed by atoms with van der Waals surface area (Å²) in [5.41, 5.74) is 0. The Morgan fingerprint density at radius 1 is 1.29 bits per heavy atom. The maximum Gasteiger partial charge on any atom is 0.235 e. The first kappa shape index (κ1) is 19.1. The zero-order valence-corrected chi connectivity index (χ0v) is 15.1. The molecule has 0 radical (unpaired) electrons. The van der Waals surface area contributed by atoms with E-state index in [-0.39, 0.29) is 17.7 Å². The molecule has 1 saturated carbocycles. The van der Waals surface area contributed by atoms with E-state index in [0.717, 1.165) is 37.6 Å². The Kier molecular flexibility index (Phi) is 9.07. The third kappa shape index (κ3) is 6.79. The van der Waals surface area contributed by atoms with Gasteiger partial charge in [-0.3, -0.25) is 4.79 Å². The van der Waals surface area contributed by atoms with Gasteiger partial charge in [0.05, 0.1) is 5.25 Å². The van der Waals surface area contributed by atoms with E-state index in [1.165, 1.54) is 32.2 Å². The molecule has 2 rings (SSSR count). The number of piperidine rings is 1. The highest BCUT2D eigenvalue weighted by Crippen LogP contribution is 2.28. The van der Waals surface area contributed by atoms with Gasteiger partial charge in [0.25, 0.3) is 0 Å². The highest BCUT2D eigenvalue weighted by molar-refractivity contribution is 8.00. The second-order valence-electron chi connectivity index (χ2n) is 6.32. The van der Waals surface area contributed by atoms with Gasteiger partial charge >= 0.3 is 0 Å². The van der Waals surface area contributed by atoms with Crippen molar-refractivity contribution < 1.29 is 4.79 Å². The highest BCUT2D eigenvalue weighted by atomic mass is 35.5. The standard InChI is InChI=1S/C16H30N2OS.ClH/c1-3-4-11-20-13(2)16(19)18-9-7-15(8-10-18)17-12-14-5-6-14;/h13-15,17H,3-12H2,1-2H3;1H. The molecule has 1 saturated heterocycles. The monoisotopic (exact) mass is 334 g/mol. The van der Waals surface area contributed by atoms with Crippen LogP contribution < -0.4 is 5.32 Å². The van der Waals surface area contributed by atoms with Gasteiger partial charge in [-0.2, -0.15) is 0 Å². The van der Waals surface area contributed by atoms with Crippen molar-refractivity contribution in [3.05, 3.63) is 0 Å². The fraction of sp³-hybridized carbons (Fsp3) is 0.938. The molecule has 1 aliphatic heterocycles. The van der Waals surface area contributed by atoms with Gasteiger partial charge in [0, 0.05) is 19.1 Å². The summed E-state index contributed by atoms with van der Waals surface area (Å²) in [6.45, 7) is 7.36. The van der Waals surface area contributed by atoms with Crippen LogP contribution in [0.4, 0.5) is 0 Å². The third-order valence-electron chi connectivity index (χ3n) is 4.41. The van der Waals surface area contributed by atoms with Crippen molar-refractivity contribution in [2.24, 2.45) is 5.92 Å². The Morgan fingerprint density at radius 3 is 2.52 bits per heavy atom. The number of hydrogen-bond donors (Lipinski definition) is 1. The Labute approximate surface area is 140 Å². The first-order valence-electron chi connectivity index (χ1n) is 8.34. The van der Waals surface area contributed by atoms with Gasteiger partial charge in [-0.05, 0) is 57.2 Å². The maximum atomic E-state index is 12.4. The van der Waals surface area contributed by atoms with Gasteiger partial charge in [-0.25, -0.2) is 0 Å². The van der Waals surface area contributed by atoms with Crippen LogP contribution in [0.5, 0.6) is 0 Å². The molecule has 1 amide bonds. The lowest BCUT2D eigenvalue weighted by Crippen LogP contribution is -2.47. The normalized spacial score (nSPS) is 21.0. The zero-order valence-electron chi connectivity index (χ0n) is 13.5. The molecule has 1 unspecified atom stereocenters. The third-order valence-corrected chi connectivity index (χ3v) is 5.64. The zero-order chi connectivity index (χ0) is 14.4. The molecule has 0 aromatic rings. The molecule has 1 aliphatic carbocycles. The van der Waals surface area contributed by atoms with Gasteiger partial charge in [-0.15, -0.1) is 24.2 Å². The molecule has 21 heavy (non-hydrogen) atoms.